The number of nitrogens with zero attached hydrogens (tertiary/aromatic N) is 1. The molecule has 0 aliphatic rings. The fraction of sp³-hybridized carbons (Fsp3) is 0.511. The van der Waals surface area contributed by atoms with Crippen LogP contribution in [0.1, 0.15) is 142 Å². The number of rotatable bonds is 28. The second-order valence-electron chi connectivity index (χ2n) is 14.1. The fourth-order valence-corrected chi connectivity index (χ4v) is 6.10. The van der Waals surface area contributed by atoms with Crippen molar-refractivity contribution in [3.8, 4) is 34.4 Å². The Labute approximate surface area is 325 Å². The van der Waals surface area contributed by atoms with Gasteiger partial charge in [-0.2, -0.15) is 5.26 Å². The molecule has 54 heavy (non-hydrogen) atoms. The van der Waals surface area contributed by atoms with Gasteiger partial charge in [-0.15, -0.1) is 0 Å². The summed E-state index contributed by atoms with van der Waals surface area (Å²) in [4.78, 5) is 25.4. The maximum absolute atomic E-state index is 12.8. The van der Waals surface area contributed by atoms with Crippen LogP contribution in [-0.4, -0.2) is 31.3 Å². The minimum Gasteiger partial charge on any atom is -0.494 e. The highest BCUT2D eigenvalue weighted by Gasteiger charge is 2.16. The largest absolute Gasteiger partial charge is 0.494 e. The number of nitriles is 1. The van der Waals surface area contributed by atoms with E-state index in [1.54, 1.807) is 31.2 Å². The highest BCUT2D eigenvalue weighted by molar-refractivity contribution is 5.99. The van der Waals surface area contributed by atoms with Crippen molar-refractivity contribution in [2.45, 2.75) is 142 Å². The average Bonchev–Trinajstić information content (AvgIpc) is 3.19. The van der Waals surface area contributed by atoms with E-state index in [4.69, 9.17) is 18.9 Å². The van der Waals surface area contributed by atoms with Crippen molar-refractivity contribution < 1.29 is 28.5 Å². The first-order valence-corrected chi connectivity index (χ1v) is 20.5. The second kappa shape index (κ2) is 27.2. The molecule has 1 unspecified atom stereocenters. The summed E-state index contributed by atoms with van der Waals surface area (Å²) >= 11 is 0. The molecule has 0 fully saturated rings. The summed E-state index contributed by atoms with van der Waals surface area (Å²) in [6, 6.07) is 23.6. The number of hydrogen-bond acceptors (Lipinski definition) is 7. The molecule has 0 amide bonds. The van der Waals surface area contributed by atoms with Crippen LogP contribution in [-0.2, 0) is 14.3 Å². The van der Waals surface area contributed by atoms with Gasteiger partial charge in [-0.1, -0.05) is 153 Å². The zero-order valence-corrected chi connectivity index (χ0v) is 33.1. The summed E-state index contributed by atoms with van der Waals surface area (Å²) in [6.45, 7) is 7.42. The molecule has 7 heteroatoms. The van der Waals surface area contributed by atoms with E-state index in [0.29, 0.717) is 30.3 Å². The predicted molar refractivity (Wildman–Crippen MR) is 219 cm³/mol. The normalized spacial score (nSPS) is 11.9. The number of hydrogen-bond donors (Lipinski definition) is 0. The molecule has 292 valence electrons. The van der Waals surface area contributed by atoms with Gasteiger partial charge in [-0.3, -0.25) is 0 Å². The van der Waals surface area contributed by atoms with Gasteiger partial charge in [0.05, 0.1) is 6.61 Å². The molecule has 0 saturated carbocycles. The Bertz CT molecular complexity index is 1540. The van der Waals surface area contributed by atoms with Gasteiger partial charge < -0.3 is 18.9 Å². The Morgan fingerprint density at radius 2 is 1.00 bits per heavy atom. The number of unbranched alkanes of at least 4 members (excludes halogenated alkanes) is 16. The van der Waals surface area contributed by atoms with Crippen LogP contribution in [0.4, 0.5) is 0 Å². The lowest BCUT2D eigenvalue weighted by Crippen LogP contribution is -2.26. The maximum atomic E-state index is 12.8. The first-order valence-electron chi connectivity index (χ1n) is 20.5. The molecule has 3 rings (SSSR count). The summed E-state index contributed by atoms with van der Waals surface area (Å²) in [5.41, 5.74) is 2.40. The molecule has 7 nitrogen and oxygen atoms in total. The molecule has 0 aliphatic heterocycles. The number of carbonyl (C=O) groups excluding carboxylic acids is 2. The standard InChI is InChI=1S/C47H63NO6/c1-4-6-8-10-12-14-15-17-19-21-35-52-43-28-22-39(23-29-43)36-42(37-48)47(50)54-45-32-26-41(27-33-45)40-24-30-44(31-25-40)53-46(49)38(3)51-34-20-18-16-13-11-9-7-5-2/h22-33,36,38H,4-21,34-35H2,1-3H3/b42-36+. The molecule has 0 bridgehead atoms. The molecule has 0 heterocycles. The van der Waals surface area contributed by atoms with Crippen molar-refractivity contribution in [3.63, 3.8) is 0 Å². The van der Waals surface area contributed by atoms with E-state index in [2.05, 4.69) is 13.8 Å². The molecule has 0 radical (unpaired) electrons. The molecule has 0 aliphatic carbocycles. The maximum Gasteiger partial charge on any atom is 0.354 e. The van der Waals surface area contributed by atoms with Gasteiger partial charge >= 0.3 is 11.9 Å². The third-order valence-electron chi connectivity index (χ3n) is 9.47. The van der Waals surface area contributed by atoms with E-state index in [-0.39, 0.29) is 5.57 Å². The SMILES string of the molecule is CCCCCCCCCCCCOc1ccc(/C=C(\C#N)C(=O)Oc2ccc(-c3ccc(OC(=O)C(C)OCCCCCCCCCC)cc3)cc2)cc1. The third-order valence-corrected chi connectivity index (χ3v) is 9.47. The summed E-state index contributed by atoms with van der Waals surface area (Å²) in [6.07, 6.45) is 23.4. The predicted octanol–water partition coefficient (Wildman–Crippen LogP) is 12.6. The third kappa shape index (κ3) is 18.1. The van der Waals surface area contributed by atoms with Crippen LogP contribution in [0.5, 0.6) is 17.2 Å². The lowest BCUT2D eigenvalue weighted by Gasteiger charge is -2.13. The van der Waals surface area contributed by atoms with Gasteiger partial charge in [0.15, 0.2) is 6.10 Å². The van der Waals surface area contributed by atoms with E-state index >= 15 is 0 Å². The monoisotopic (exact) mass is 737 g/mol. The topological polar surface area (TPSA) is 94.9 Å². The van der Waals surface area contributed by atoms with Crippen molar-refractivity contribution in [1.82, 2.24) is 0 Å². The molecular formula is C47H63NO6. The van der Waals surface area contributed by atoms with Crippen molar-refractivity contribution in [3.05, 3.63) is 83.9 Å². The van der Waals surface area contributed by atoms with Gasteiger partial charge in [0.2, 0.25) is 0 Å². The molecular weight excluding hydrogens is 675 g/mol. The Kier molecular flexibility index (Phi) is 22.2. The molecule has 0 saturated heterocycles. The van der Waals surface area contributed by atoms with E-state index in [0.717, 1.165) is 36.1 Å². The molecule has 0 spiro atoms. The summed E-state index contributed by atoms with van der Waals surface area (Å²) in [5, 5.41) is 9.67. The lowest BCUT2D eigenvalue weighted by atomic mass is 10.1. The Morgan fingerprint density at radius 1 is 0.574 bits per heavy atom. The van der Waals surface area contributed by atoms with Crippen LogP contribution >= 0.6 is 0 Å². The van der Waals surface area contributed by atoms with Gasteiger partial charge in [-0.05, 0) is 78.9 Å². The number of ether oxygens (including phenoxy) is 4. The highest BCUT2D eigenvalue weighted by atomic mass is 16.6. The minimum absolute atomic E-state index is 0.101. The zero-order chi connectivity index (χ0) is 38.6. The summed E-state index contributed by atoms with van der Waals surface area (Å²) < 4.78 is 22.6. The zero-order valence-electron chi connectivity index (χ0n) is 33.1. The van der Waals surface area contributed by atoms with Crippen LogP contribution in [0.15, 0.2) is 78.4 Å². The minimum atomic E-state index is -0.728. The first-order chi connectivity index (χ1) is 26.4. The van der Waals surface area contributed by atoms with E-state index in [9.17, 15) is 14.9 Å². The molecule has 3 aromatic carbocycles. The lowest BCUT2D eigenvalue weighted by molar-refractivity contribution is -0.146. The van der Waals surface area contributed by atoms with Crippen molar-refractivity contribution in [2.24, 2.45) is 0 Å². The van der Waals surface area contributed by atoms with Crippen LogP contribution in [0, 0.1) is 11.3 Å². The average molecular weight is 738 g/mol. The summed E-state index contributed by atoms with van der Waals surface area (Å²) in [5.74, 6) is 0.392. The number of esters is 2. The van der Waals surface area contributed by atoms with Crippen LogP contribution in [0.3, 0.4) is 0 Å². The van der Waals surface area contributed by atoms with E-state index in [1.165, 1.54) is 102 Å². The molecule has 3 aromatic rings. The molecule has 0 aromatic heterocycles. The van der Waals surface area contributed by atoms with Crippen molar-refractivity contribution in [1.29, 1.82) is 5.26 Å². The van der Waals surface area contributed by atoms with E-state index in [1.807, 2.05) is 54.6 Å². The van der Waals surface area contributed by atoms with Gasteiger partial charge in [0, 0.05) is 6.61 Å². The van der Waals surface area contributed by atoms with Gasteiger partial charge in [0.1, 0.15) is 28.9 Å². The smallest absolute Gasteiger partial charge is 0.354 e. The molecule has 1 atom stereocenters. The van der Waals surface area contributed by atoms with E-state index < -0.39 is 18.0 Å². The van der Waals surface area contributed by atoms with Crippen LogP contribution in [0.25, 0.3) is 17.2 Å². The van der Waals surface area contributed by atoms with Gasteiger partial charge in [-0.25, -0.2) is 9.59 Å². The Balaban J connectivity index is 1.37. The Hall–Kier alpha value is -4.41. The fourth-order valence-electron chi connectivity index (χ4n) is 6.10. The molecule has 0 N–H and O–H groups in total. The number of carbonyl (C=O) groups is 2. The second-order valence-corrected chi connectivity index (χ2v) is 14.1. The van der Waals surface area contributed by atoms with Crippen LogP contribution in [0.2, 0.25) is 0 Å². The highest BCUT2D eigenvalue weighted by Crippen LogP contribution is 2.26. The quantitative estimate of drug-likeness (QED) is 0.0241. The first kappa shape index (κ1) is 44.0. The summed E-state index contributed by atoms with van der Waals surface area (Å²) in [7, 11) is 0. The Morgan fingerprint density at radius 3 is 1.48 bits per heavy atom. The van der Waals surface area contributed by atoms with Crippen molar-refractivity contribution in [2.75, 3.05) is 13.2 Å². The van der Waals surface area contributed by atoms with Crippen LogP contribution < -0.4 is 14.2 Å². The number of benzene rings is 3. The van der Waals surface area contributed by atoms with Crippen molar-refractivity contribution >= 4 is 18.0 Å². The van der Waals surface area contributed by atoms with Gasteiger partial charge in [0.25, 0.3) is 0 Å².